The summed E-state index contributed by atoms with van der Waals surface area (Å²) in [7, 11) is 0. The molecule has 0 aliphatic heterocycles. The van der Waals surface area contributed by atoms with Gasteiger partial charge in [0, 0.05) is 13.1 Å². The van der Waals surface area contributed by atoms with Gasteiger partial charge in [-0.05, 0) is 27.5 Å². The molecule has 0 saturated carbocycles. The van der Waals surface area contributed by atoms with Gasteiger partial charge in [-0.3, -0.25) is 4.79 Å². The minimum Gasteiger partial charge on any atom is -0.310 e. The molecular weight excluding hydrogens is 245 g/mol. The van der Waals surface area contributed by atoms with Crippen molar-refractivity contribution in [3.8, 4) is 0 Å². The molecule has 1 heterocycles. The summed E-state index contributed by atoms with van der Waals surface area (Å²) < 4.78 is 0.599. The Kier molecular flexibility index (Phi) is 2.99. The van der Waals surface area contributed by atoms with Gasteiger partial charge < -0.3 is 5.32 Å². The van der Waals surface area contributed by atoms with Crippen molar-refractivity contribution < 1.29 is 4.79 Å². The summed E-state index contributed by atoms with van der Waals surface area (Å²) in [6.45, 7) is 1.39. The molecule has 0 fully saturated rings. The summed E-state index contributed by atoms with van der Waals surface area (Å²) in [4.78, 5) is 18.1. The molecule has 0 bridgehead atoms. The van der Waals surface area contributed by atoms with Crippen LogP contribution in [0.15, 0.2) is 10.7 Å². The van der Waals surface area contributed by atoms with Crippen LogP contribution in [0.4, 0.5) is 5.82 Å². The molecule has 12 heavy (non-hydrogen) atoms. The van der Waals surface area contributed by atoms with Gasteiger partial charge in [-0.25, -0.2) is 4.98 Å². The average molecular weight is 250 g/mol. The first-order valence-corrected chi connectivity index (χ1v) is 4.22. The molecule has 0 aromatic carbocycles. The molecule has 0 unspecified atom stereocenters. The van der Waals surface area contributed by atoms with Gasteiger partial charge in [0.15, 0.2) is 5.82 Å². The largest absolute Gasteiger partial charge is 0.310 e. The third-order valence-corrected chi connectivity index (χ3v) is 1.77. The predicted octanol–water partition coefficient (Wildman–Crippen LogP) is 1.85. The van der Waals surface area contributed by atoms with Crippen molar-refractivity contribution in [2.24, 2.45) is 0 Å². The lowest BCUT2D eigenvalue weighted by molar-refractivity contribution is -0.114. The summed E-state index contributed by atoms with van der Waals surface area (Å²) in [5.74, 6) is 0.174. The maximum absolute atomic E-state index is 10.6. The van der Waals surface area contributed by atoms with Crippen LogP contribution >= 0.6 is 27.5 Å². The third-order valence-electron chi connectivity index (χ3n) is 1.01. The van der Waals surface area contributed by atoms with Crippen molar-refractivity contribution in [3.05, 3.63) is 16.0 Å². The van der Waals surface area contributed by atoms with E-state index in [0.29, 0.717) is 10.3 Å². The highest BCUT2D eigenvalue weighted by atomic mass is 79.9. The molecule has 0 aliphatic carbocycles. The molecule has 1 rings (SSSR count). The molecule has 0 aliphatic rings. The van der Waals surface area contributed by atoms with Crippen LogP contribution in [0.25, 0.3) is 0 Å². The molecule has 0 saturated heterocycles. The highest BCUT2D eigenvalue weighted by Crippen LogP contribution is 2.19. The quantitative estimate of drug-likeness (QED) is 0.774. The van der Waals surface area contributed by atoms with Gasteiger partial charge in [-0.2, -0.15) is 4.98 Å². The molecular formula is C6H5BrClN3O. The second kappa shape index (κ2) is 3.82. The van der Waals surface area contributed by atoms with E-state index in [9.17, 15) is 4.79 Å². The van der Waals surface area contributed by atoms with Gasteiger partial charge in [0.2, 0.25) is 11.2 Å². The Balaban J connectivity index is 2.97. The zero-order valence-corrected chi connectivity index (χ0v) is 8.48. The Morgan fingerprint density at radius 1 is 1.75 bits per heavy atom. The Morgan fingerprint density at radius 2 is 2.42 bits per heavy atom. The number of nitrogens with one attached hydrogen (secondary N) is 1. The van der Waals surface area contributed by atoms with Crippen LogP contribution in [-0.2, 0) is 4.79 Å². The second-order valence-corrected chi connectivity index (χ2v) is 3.21. The van der Waals surface area contributed by atoms with Crippen LogP contribution in [-0.4, -0.2) is 15.9 Å². The number of amides is 1. The molecule has 0 radical (unpaired) electrons. The third kappa shape index (κ3) is 2.42. The van der Waals surface area contributed by atoms with E-state index in [0.717, 1.165) is 0 Å². The van der Waals surface area contributed by atoms with E-state index < -0.39 is 0 Å². The fourth-order valence-electron chi connectivity index (χ4n) is 0.600. The van der Waals surface area contributed by atoms with E-state index in [-0.39, 0.29) is 11.2 Å². The Labute approximate surface area is 82.5 Å². The number of anilines is 1. The number of aromatic nitrogens is 2. The summed E-state index contributed by atoms with van der Waals surface area (Å²) in [6, 6.07) is 0. The maximum atomic E-state index is 10.6. The van der Waals surface area contributed by atoms with Crippen LogP contribution < -0.4 is 5.32 Å². The van der Waals surface area contributed by atoms with E-state index in [1.807, 2.05) is 0 Å². The van der Waals surface area contributed by atoms with Gasteiger partial charge in [0.05, 0.1) is 4.47 Å². The Morgan fingerprint density at radius 3 is 3.00 bits per heavy atom. The normalized spacial score (nSPS) is 9.58. The van der Waals surface area contributed by atoms with Gasteiger partial charge in [0.25, 0.3) is 0 Å². The first kappa shape index (κ1) is 9.41. The van der Waals surface area contributed by atoms with E-state index in [2.05, 4.69) is 31.2 Å². The van der Waals surface area contributed by atoms with Crippen molar-refractivity contribution in [1.29, 1.82) is 0 Å². The van der Waals surface area contributed by atoms with Crippen molar-refractivity contribution in [1.82, 2.24) is 9.97 Å². The average Bonchev–Trinajstić information content (AvgIpc) is 1.96. The molecule has 64 valence electrons. The van der Waals surface area contributed by atoms with Crippen LogP contribution in [0.5, 0.6) is 0 Å². The fraction of sp³-hybridized carbons (Fsp3) is 0.167. The number of rotatable bonds is 1. The zero-order valence-electron chi connectivity index (χ0n) is 6.14. The van der Waals surface area contributed by atoms with Gasteiger partial charge >= 0.3 is 0 Å². The molecule has 1 aromatic rings. The first-order valence-electron chi connectivity index (χ1n) is 3.05. The van der Waals surface area contributed by atoms with Crippen molar-refractivity contribution in [2.75, 3.05) is 5.32 Å². The van der Waals surface area contributed by atoms with E-state index in [4.69, 9.17) is 11.6 Å². The first-order chi connectivity index (χ1) is 5.59. The predicted molar refractivity (Wildman–Crippen MR) is 49.0 cm³/mol. The highest BCUT2D eigenvalue weighted by molar-refractivity contribution is 9.10. The number of carbonyl (C=O) groups excluding carboxylic acids is 1. The van der Waals surface area contributed by atoms with Crippen LogP contribution in [0, 0.1) is 0 Å². The fourth-order valence-corrected chi connectivity index (χ4v) is 1.02. The maximum Gasteiger partial charge on any atom is 0.224 e. The molecule has 1 amide bonds. The van der Waals surface area contributed by atoms with E-state index >= 15 is 0 Å². The number of hydrogen-bond donors (Lipinski definition) is 1. The topological polar surface area (TPSA) is 54.9 Å². The van der Waals surface area contributed by atoms with E-state index in [1.165, 1.54) is 13.1 Å². The summed E-state index contributed by atoms with van der Waals surface area (Å²) in [5.41, 5.74) is 0. The summed E-state index contributed by atoms with van der Waals surface area (Å²) in [5, 5.41) is 2.59. The van der Waals surface area contributed by atoms with E-state index in [1.54, 1.807) is 0 Å². The monoisotopic (exact) mass is 249 g/mol. The summed E-state index contributed by atoms with van der Waals surface area (Å²) >= 11 is 8.67. The number of halogens is 2. The molecule has 6 heteroatoms. The highest BCUT2D eigenvalue weighted by Gasteiger charge is 2.04. The number of carbonyl (C=O) groups is 1. The molecule has 4 nitrogen and oxygen atoms in total. The van der Waals surface area contributed by atoms with Crippen LogP contribution in [0.1, 0.15) is 6.92 Å². The molecule has 1 aromatic heterocycles. The lowest BCUT2D eigenvalue weighted by Crippen LogP contribution is -2.08. The minimum absolute atomic E-state index is 0.0990. The number of nitrogens with zero attached hydrogens (tertiary/aromatic N) is 2. The number of hydrogen-bond acceptors (Lipinski definition) is 3. The second-order valence-electron chi connectivity index (χ2n) is 2.02. The summed E-state index contributed by atoms with van der Waals surface area (Å²) in [6.07, 6.45) is 1.47. The molecule has 1 N–H and O–H groups in total. The van der Waals surface area contributed by atoms with Crippen LogP contribution in [0.2, 0.25) is 5.28 Å². The Hall–Kier alpha value is -0.680. The van der Waals surface area contributed by atoms with Gasteiger partial charge in [0.1, 0.15) is 0 Å². The SMILES string of the molecule is CC(=O)Nc1nc(Cl)ncc1Br. The van der Waals surface area contributed by atoms with Gasteiger partial charge in [-0.15, -0.1) is 0 Å². The smallest absolute Gasteiger partial charge is 0.224 e. The van der Waals surface area contributed by atoms with Crippen molar-refractivity contribution in [3.63, 3.8) is 0 Å². The van der Waals surface area contributed by atoms with Crippen molar-refractivity contribution in [2.45, 2.75) is 6.92 Å². The standard InChI is InChI=1S/C6H5BrClN3O/c1-3(12)10-5-4(7)2-9-6(8)11-5/h2H,1H3,(H,9,10,11,12). The molecule has 0 spiro atoms. The van der Waals surface area contributed by atoms with Gasteiger partial charge in [-0.1, -0.05) is 0 Å². The minimum atomic E-state index is -0.203. The lowest BCUT2D eigenvalue weighted by Gasteiger charge is -2.02. The van der Waals surface area contributed by atoms with Crippen molar-refractivity contribution >= 4 is 39.3 Å². The van der Waals surface area contributed by atoms with Crippen LogP contribution in [0.3, 0.4) is 0 Å². The zero-order chi connectivity index (χ0) is 9.14. The molecule has 0 atom stereocenters. The Bertz CT molecular complexity index is 318. The lowest BCUT2D eigenvalue weighted by atomic mass is 10.5.